The summed E-state index contributed by atoms with van der Waals surface area (Å²) in [6, 6.07) is 7.72. The van der Waals surface area contributed by atoms with Gasteiger partial charge >= 0.3 is 0 Å². The van der Waals surface area contributed by atoms with Gasteiger partial charge in [-0.1, -0.05) is 35.8 Å². The molecule has 1 aromatic rings. The third-order valence-corrected chi connectivity index (χ3v) is 4.23. The molecule has 0 fully saturated rings. The number of rotatable bonds is 7. The summed E-state index contributed by atoms with van der Waals surface area (Å²) in [7, 11) is -0.878. The van der Waals surface area contributed by atoms with Crippen molar-refractivity contribution in [3.63, 3.8) is 0 Å². The standard InChI is InChI=1S/C13H20BrNOS/c1-11(2)10-15-7-4-8-17(16)13-6-3-5-12(14)9-13/h3,5-6,9,11,15H,4,7-8,10H2,1-2H3. The van der Waals surface area contributed by atoms with Crippen molar-refractivity contribution in [3.05, 3.63) is 28.7 Å². The normalized spacial score (nSPS) is 12.9. The Morgan fingerprint density at radius 2 is 2.18 bits per heavy atom. The van der Waals surface area contributed by atoms with Crippen molar-refractivity contribution >= 4 is 26.7 Å². The maximum Gasteiger partial charge on any atom is 0.0530 e. The van der Waals surface area contributed by atoms with E-state index in [1.807, 2.05) is 24.3 Å². The van der Waals surface area contributed by atoms with E-state index in [0.717, 1.165) is 34.6 Å². The van der Waals surface area contributed by atoms with Gasteiger partial charge in [0.05, 0.1) is 10.8 Å². The van der Waals surface area contributed by atoms with E-state index in [-0.39, 0.29) is 0 Å². The minimum Gasteiger partial charge on any atom is -0.316 e. The molecule has 0 amide bonds. The minimum absolute atomic E-state index is 0.672. The van der Waals surface area contributed by atoms with E-state index in [0.29, 0.717) is 5.92 Å². The van der Waals surface area contributed by atoms with Crippen LogP contribution in [0.2, 0.25) is 0 Å². The topological polar surface area (TPSA) is 29.1 Å². The fourth-order valence-electron chi connectivity index (χ4n) is 1.45. The van der Waals surface area contributed by atoms with Gasteiger partial charge in [0.1, 0.15) is 0 Å². The first-order valence-corrected chi connectivity index (χ1v) is 8.05. The summed E-state index contributed by atoms with van der Waals surface area (Å²) < 4.78 is 12.9. The van der Waals surface area contributed by atoms with Gasteiger partial charge in [-0.25, -0.2) is 0 Å². The predicted molar refractivity (Wildman–Crippen MR) is 77.7 cm³/mol. The molecule has 0 heterocycles. The van der Waals surface area contributed by atoms with Crippen LogP contribution in [0.1, 0.15) is 20.3 Å². The molecule has 0 aliphatic heterocycles. The molecule has 1 aromatic carbocycles. The third kappa shape index (κ3) is 6.34. The number of hydrogen-bond donors (Lipinski definition) is 1. The first-order chi connectivity index (χ1) is 8.09. The highest BCUT2D eigenvalue weighted by atomic mass is 79.9. The number of benzene rings is 1. The second kappa shape index (κ2) is 8.01. The van der Waals surface area contributed by atoms with Crippen LogP contribution in [0.3, 0.4) is 0 Å². The second-order valence-corrected chi connectivity index (χ2v) is 6.94. The van der Waals surface area contributed by atoms with Crippen molar-refractivity contribution in [1.29, 1.82) is 0 Å². The van der Waals surface area contributed by atoms with Crippen molar-refractivity contribution in [1.82, 2.24) is 5.32 Å². The van der Waals surface area contributed by atoms with Crippen LogP contribution in [-0.4, -0.2) is 23.1 Å². The van der Waals surface area contributed by atoms with Crippen molar-refractivity contribution in [3.8, 4) is 0 Å². The van der Waals surface area contributed by atoms with Gasteiger partial charge in [-0.05, 0) is 43.6 Å². The summed E-state index contributed by atoms with van der Waals surface area (Å²) in [6.45, 7) is 6.35. The zero-order chi connectivity index (χ0) is 12.7. The highest BCUT2D eigenvalue weighted by Gasteiger charge is 2.03. The molecule has 0 bridgehead atoms. The first kappa shape index (κ1) is 14.9. The Morgan fingerprint density at radius 3 is 2.82 bits per heavy atom. The first-order valence-electron chi connectivity index (χ1n) is 5.94. The molecule has 1 unspecified atom stereocenters. The molecule has 4 heteroatoms. The van der Waals surface area contributed by atoms with Crippen molar-refractivity contribution in [2.45, 2.75) is 25.2 Å². The molecule has 0 aromatic heterocycles. The molecule has 0 aliphatic rings. The molecule has 0 aliphatic carbocycles. The second-order valence-electron chi connectivity index (χ2n) is 4.46. The van der Waals surface area contributed by atoms with E-state index in [1.165, 1.54) is 0 Å². The molecule has 96 valence electrons. The predicted octanol–water partition coefficient (Wildman–Crippen LogP) is 3.19. The third-order valence-electron chi connectivity index (χ3n) is 2.29. The molecule has 0 saturated carbocycles. The lowest BCUT2D eigenvalue weighted by atomic mass is 10.2. The van der Waals surface area contributed by atoms with Gasteiger partial charge in [0.2, 0.25) is 0 Å². The van der Waals surface area contributed by atoms with Gasteiger partial charge in [0.25, 0.3) is 0 Å². The Morgan fingerprint density at radius 1 is 1.41 bits per heavy atom. The summed E-state index contributed by atoms with van der Waals surface area (Å²) in [6.07, 6.45) is 0.950. The number of halogens is 1. The summed E-state index contributed by atoms with van der Waals surface area (Å²) in [5.41, 5.74) is 0. The summed E-state index contributed by atoms with van der Waals surface area (Å²) in [5, 5.41) is 3.36. The molecule has 1 atom stereocenters. The van der Waals surface area contributed by atoms with Gasteiger partial charge in [-0.15, -0.1) is 0 Å². The Balaban J connectivity index is 2.26. The zero-order valence-corrected chi connectivity index (χ0v) is 12.8. The molecule has 0 radical (unpaired) electrons. The van der Waals surface area contributed by atoms with Gasteiger partial charge < -0.3 is 5.32 Å². The van der Waals surface area contributed by atoms with E-state index in [1.54, 1.807) is 0 Å². The Hall–Kier alpha value is -0.190. The van der Waals surface area contributed by atoms with Crippen LogP contribution < -0.4 is 5.32 Å². The van der Waals surface area contributed by atoms with Crippen LogP contribution in [0.5, 0.6) is 0 Å². The molecule has 2 nitrogen and oxygen atoms in total. The van der Waals surface area contributed by atoms with Crippen LogP contribution >= 0.6 is 15.9 Å². The van der Waals surface area contributed by atoms with Gasteiger partial charge in [-0.2, -0.15) is 0 Å². The largest absolute Gasteiger partial charge is 0.316 e. The SMILES string of the molecule is CC(C)CNCCCS(=O)c1cccc(Br)c1. The lowest BCUT2D eigenvalue weighted by Crippen LogP contribution is -2.21. The average molecular weight is 318 g/mol. The van der Waals surface area contributed by atoms with Crippen molar-refractivity contribution in [2.24, 2.45) is 5.92 Å². The van der Waals surface area contributed by atoms with Gasteiger partial charge in [-0.3, -0.25) is 4.21 Å². The van der Waals surface area contributed by atoms with Crippen LogP contribution in [-0.2, 0) is 10.8 Å². The van der Waals surface area contributed by atoms with E-state index >= 15 is 0 Å². The summed E-state index contributed by atoms with van der Waals surface area (Å²) in [5.74, 6) is 1.40. The van der Waals surface area contributed by atoms with Crippen molar-refractivity contribution in [2.75, 3.05) is 18.8 Å². The van der Waals surface area contributed by atoms with Gasteiger partial charge in [0.15, 0.2) is 0 Å². The molecule has 1 rings (SSSR count). The molecule has 0 spiro atoms. The van der Waals surface area contributed by atoms with Crippen LogP contribution in [0.25, 0.3) is 0 Å². The highest BCUT2D eigenvalue weighted by molar-refractivity contribution is 9.10. The van der Waals surface area contributed by atoms with Gasteiger partial charge in [0, 0.05) is 15.1 Å². The fraction of sp³-hybridized carbons (Fsp3) is 0.538. The zero-order valence-electron chi connectivity index (χ0n) is 10.4. The molecule has 1 N–H and O–H groups in total. The van der Waals surface area contributed by atoms with Crippen molar-refractivity contribution < 1.29 is 4.21 Å². The van der Waals surface area contributed by atoms with E-state index in [9.17, 15) is 4.21 Å². The fourth-order valence-corrected chi connectivity index (χ4v) is 3.13. The van der Waals surface area contributed by atoms with Crippen LogP contribution in [0, 0.1) is 5.92 Å². The smallest absolute Gasteiger partial charge is 0.0530 e. The number of nitrogens with one attached hydrogen (secondary N) is 1. The monoisotopic (exact) mass is 317 g/mol. The van der Waals surface area contributed by atoms with Crippen LogP contribution in [0.4, 0.5) is 0 Å². The molecule has 17 heavy (non-hydrogen) atoms. The van der Waals surface area contributed by atoms with Crippen LogP contribution in [0.15, 0.2) is 33.6 Å². The Kier molecular flexibility index (Phi) is 7.00. The average Bonchev–Trinajstić information content (AvgIpc) is 2.28. The lowest BCUT2D eigenvalue weighted by Gasteiger charge is -2.07. The quantitative estimate of drug-likeness (QED) is 0.782. The minimum atomic E-state index is -0.878. The molecule has 0 saturated heterocycles. The Labute approximate surface area is 115 Å². The highest BCUT2D eigenvalue weighted by Crippen LogP contribution is 2.15. The Bertz CT molecular complexity index is 368. The van der Waals surface area contributed by atoms with E-state index < -0.39 is 10.8 Å². The molecular formula is C13H20BrNOS. The lowest BCUT2D eigenvalue weighted by molar-refractivity contribution is 0.550. The summed E-state index contributed by atoms with van der Waals surface area (Å²) in [4.78, 5) is 0.906. The van der Waals surface area contributed by atoms with E-state index in [4.69, 9.17) is 0 Å². The summed E-state index contributed by atoms with van der Waals surface area (Å²) >= 11 is 3.39. The maximum atomic E-state index is 12.0. The molecular weight excluding hydrogens is 298 g/mol. The maximum absolute atomic E-state index is 12.0. The number of hydrogen-bond acceptors (Lipinski definition) is 2. The van der Waals surface area contributed by atoms with E-state index in [2.05, 4.69) is 35.1 Å².